The number of piperidine rings is 1. The smallest absolute Gasteiger partial charge is 0.320 e. The summed E-state index contributed by atoms with van der Waals surface area (Å²) in [5, 5.41) is 9.84. The van der Waals surface area contributed by atoms with E-state index in [1.54, 1.807) is 7.11 Å². The Balaban J connectivity index is 1.17. The molecule has 5 rings (SSSR count). The molecule has 0 aromatic heterocycles. The molecule has 186 valence electrons. The van der Waals surface area contributed by atoms with Crippen LogP contribution in [0.5, 0.6) is 5.75 Å². The summed E-state index contributed by atoms with van der Waals surface area (Å²) in [6.07, 6.45) is 5.76. The van der Waals surface area contributed by atoms with E-state index in [0.29, 0.717) is 19.6 Å². The third kappa shape index (κ3) is 4.44. The van der Waals surface area contributed by atoms with Gasteiger partial charge in [0.25, 0.3) is 0 Å². The molecule has 4 fully saturated rings. The number of aliphatic hydroxyl groups is 1. The van der Waals surface area contributed by atoms with Crippen LogP contribution in [-0.2, 0) is 4.79 Å². The van der Waals surface area contributed by atoms with Gasteiger partial charge in [0.15, 0.2) is 0 Å². The first-order valence-corrected chi connectivity index (χ1v) is 12.9. The van der Waals surface area contributed by atoms with E-state index in [1.807, 2.05) is 21.9 Å². The van der Waals surface area contributed by atoms with Crippen LogP contribution >= 0.6 is 0 Å². The molecule has 1 atom stereocenters. The lowest BCUT2D eigenvalue weighted by Gasteiger charge is -2.43. The number of urea groups is 1. The number of amides is 3. The van der Waals surface area contributed by atoms with Crippen LogP contribution in [-0.4, -0.2) is 96.8 Å². The van der Waals surface area contributed by atoms with Gasteiger partial charge in [-0.05, 0) is 69.2 Å². The molecule has 3 amide bonds. The third-order valence-electron chi connectivity index (χ3n) is 8.49. The highest BCUT2D eigenvalue weighted by atomic mass is 16.5. The first-order valence-electron chi connectivity index (χ1n) is 12.9. The molecule has 1 spiro atoms. The Morgan fingerprint density at radius 1 is 0.941 bits per heavy atom. The third-order valence-corrected chi connectivity index (χ3v) is 8.49. The number of aliphatic hydroxyl groups excluding tert-OH is 1. The van der Waals surface area contributed by atoms with Crippen molar-refractivity contribution >= 4 is 17.6 Å². The van der Waals surface area contributed by atoms with Crippen molar-refractivity contribution in [3.63, 3.8) is 0 Å². The first-order chi connectivity index (χ1) is 16.5. The molecule has 4 aliphatic rings. The summed E-state index contributed by atoms with van der Waals surface area (Å²) in [4.78, 5) is 35.2. The molecule has 1 aliphatic carbocycles. The predicted molar refractivity (Wildman–Crippen MR) is 130 cm³/mol. The van der Waals surface area contributed by atoms with Crippen LogP contribution < -0.4 is 9.64 Å². The van der Waals surface area contributed by atoms with Crippen molar-refractivity contribution < 1.29 is 19.4 Å². The quantitative estimate of drug-likeness (QED) is 0.735. The number of likely N-dealkylation sites (tertiary alicyclic amines) is 2. The summed E-state index contributed by atoms with van der Waals surface area (Å²) in [5.74, 6) is 1.09. The Hall–Kier alpha value is -2.48. The summed E-state index contributed by atoms with van der Waals surface area (Å²) in [7, 11) is 1.67. The van der Waals surface area contributed by atoms with E-state index in [9.17, 15) is 14.7 Å². The predicted octanol–water partition coefficient (Wildman–Crippen LogP) is 2.56. The van der Waals surface area contributed by atoms with Gasteiger partial charge in [-0.2, -0.15) is 0 Å². The van der Waals surface area contributed by atoms with Crippen LogP contribution in [0.25, 0.3) is 0 Å². The number of piperazine rings is 1. The number of rotatable bonds is 3. The van der Waals surface area contributed by atoms with E-state index in [4.69, 9.17) is 4.74 Å². The van der Waals surface area contributed by atoms with Gasteiger partial charge in [-0.3, -0.25) is 4.79 Å². The fourth-order valence-corrected chi connectivity index (χ4v) is 6.39. The first kappa shape index (κ1) is 23.3. The number of methoxy groups -OCH3 is 1. The van der Waals surface area contributed by atoms with Crippen molar-refractivity contribution in [3.8, 4) is 5.75 Å². The maximum Gasteiger partial charge on any atom is 0.320 e. The second kappa shape index (κ2) is 9.64. The van der Waals surface area contributed by atoms with Gasteiger partial charge in [-0.15, -0.1) is 0 Å². The molecule has 34 heavy (non-hydrogen) atoms. The maximum absolute atomic E-state index is 13.5. The minimum absolute atomic E-state index is 0.0838. The van der Waals surface area contributed by atoms with E-state index in [-0.39, 0.29) is 24.1 Å². The number of hydrogen-bond acceptors (Lipinski definition) is 5. The zero-order valence-electron chi connectivity index (χ0n) is 20.3. The minimum atomic E-state index is -0.408. The Morgan fingerprint density at radius 2 is 1.65 bits per heavy atom. The standard InChI is InChI=1S/C26H38N4O4/c1-34-23-9-5-20(6-10-23)27-15-17-28(18-16-27)25(33)29-13-2-11-26(19-29)12-14-30(24(26)32)21-3-7-22(31)8-4-21/h5-6,9-10,21-22,31H,2-4,7-8,11-19H2,1H3/t21-,22-,26?. The number of hydrogen-bond donors (Lipinski definition) is 1. The molecule has 8 heteroatoms. The van der Waals surface area contributed by atoms with Gasteiger partial charge in [0.05, 0.1) is 18.6 Å². The lowest BCUT2D eigenvalue weighted by Crippen LogP contribution is -2.57. The Bertz CT molecular complexity index is 877. The van der Waals surface area contributed by atoms with Gasteiger partial charge in [-0.1, -0.05) is 0 Å². The lowest BCUT2D eigenvalue weighted by atomic mass is 9.78. The largest absolute Gasteiger partial charge is 0.497 e. The van der Waals surface area contributed by atoms with E-state index in [0.717, 1.165) is 82.6 Å². The van der Waals surface area contributed by atoms with Gasteiger partial charge in [0, 0.05) is 57.5 Å². The Kier molecular flexibility index (Phi) is 6.60. The van der Waals surface area contributed by atoms with Crippen molar-refractivity contribution in [2.45, 2.75) is 57.1 Å². The van der Waals surface area contributed by atoms with Crippen molar-refractivity contribution in [2.75, 3.05) is 57.8 Å². The minimum Gasteiger partial charge on any atom is -0.497 e. The fourth-order valence-electron chi connectivity index (χ4n) is 6.39. The summed E-state index contributed by atoms with van der Waals surface area (Å²) < 4.78 is 5.25. The highest BCUT2D eigenvalue weighted by molar-refractivity contribution is 5.86. The summed E-state index contributed by atoms with van der Waals surface area (Å²) in [6.45, 7) is 5.08. The Morgan fingerprint density at radius 3 is 2.32 bits per heavy atom. The molecule has 0 radical (unpaired) electrons. The number of anilines is 1. The zero-order chi connectivity index (χ0) is 23.7. The molecular weight excluding hydrogens is 432 g/mol. The molecule has 1 unspecified atom stereocenters. The van der Waals surface area contributed by atoms with Crippen molar-refractivity contribution in [1.29, 1.82) is 0 Å². The molecule has 1 saturated carbocycles. The molecule has 1 N–H and O–H groups in total. The summed E-state index contributed by atoms with van der Waals surface area (Å²) >= 11 is 0. The highest BCUT2D eigenvalue weighted by Gasteiger charge is 2.51. The highest BCUT2D eigenvalue weighted by Crippen LogP contribution is 2.42. The molecular formula is C26H38N4O4. The van der Waals surface area contributed by atoms with Crippen molar-refractivity contribution in [3.05, 3.63) is 24.3 Å². The zero-order valence-corrected chi connectivity index (χ0v) is 20.3. The summed E-state index contributed by atoms with van der Waals surface area (Å²) in [5.41, 5.74) is 0.742. The van der Waals surface area contributed by atoms with Crippen LogP contribution in [0.2, 0.25) is 0 Å². The van der Waals surface area contributed by atoms with Gasteiger partial charge < -0.3 is 29.4 Å². The second-order valence-electron chi connectivity index (χ2n) is 10.5. The number of ether oxygens (including phenoxy) is 1. The Labute approximate surface area is 202 Å². The molecule has 3 saturated heterocycles. The molecule has 1 aromatic rings. The van der Waals surface area contributed by atoms with Gasteiger partial charge in [-0.25, -0.2) is 4.79 Å². The number of carbonyl (C=O) groups excluding carboxylic acids is 2. The molecule has 0 bridgehead atoms. The topological polar surface area (TPSA) is 76.6 Å². The fraction of sp³-hybridized carbons (Fsp3) is 0.692. The number of carbonyl (C=O) groups is 2. The summed E-state index contributed by atoms with van der Waals surface area (Å²) in [6, 6.07) is 8.41. The van der Waals surface area contributed by atoms with E-state index < -0.39 is 5.41 Å². The number of benzene rings is 1. The van der Waals surface area contributed by atoms with E-state index in [2.05, 4.69) is 21.9 Å². The van der Waals surface area contributed by atoms with Gasteiger partial charge in [0.2, 0.25) is 5.91 Å². The van der Waals surface area contributed by atoms with Gasteiger partial charge >= 0.3 is 6.03 Å². The molecule has 1 aromatic carbocycles. The number of nitrogens with zero attached hydrogens (tertiary/aromatic N) is 4. The molecule has 8 nitrogen and oxygen atoms in total. The van der Waals surface area contributed by atoms with Crippen LogP contribution in [0.4, 0.5) is 10.5 Å². The normalized spacial score (nSPS) is 30.2. The molecule has 3 heterocycles. The van der Waals surface area contributed by atoms with Crippen molar-refractivity contribution in [2.24, 2.45) is 5.41 Å². The van der Waals surface area contributed by atoms with Crippen LogP contribution in [0.3, 0.4) is 0 Å². The maximum atomic E-state index is 13.5. The van der Waals surface area contributed by atoms with E-state index >= 15 is 0 Å². The monoisotopic (exact) mass is 470 g/mol. The average Bonchev–Trinajstić information content (AvgIpc) is 3.19. The molecule has 3 aliphatic heterocycles. The van der Waals surface area contributed by atoms with Crippen LogP contribution in [0.1, 0.15) is 44.9 Å². The average molecular weight is 471 g/mol. The van der Waals surface area contributed by atoms with E-state index in [1.165, 1.54) is 0 Å². The second-order valence-corrected chi connectivity index (χ2v) is 10.5. The van der Waals surface area contributed by atoms with Gasteiger partial charge in [0.1, 0.15) is 5.75 Å². The van der Waals surface area contributed by atoms with Crippen LogP contribution in [0, 0.1) is 5.41 Å². The van der Waals surface area contributed by atoms with Crippen LogP contribution in [0.15, 0.2) is 24.3 Å². The SMILES string of the molecule is COc1ccc(N2CCN(C(=O)N3CCCC4(CCN([C@H]5CC[C@H](O)CC5)C4=O)C3)CC2)cc1. The lowest BCUT2D eigenvalue weighted by molar-refractivity contribution is -0.141. The van der Waals surface area contributed by atoms with Crippen molar-refractivity contribution in [1.82, 2.24) is 14.7 Å².